The van der Waals surface area contributed by atoms with Gasteiger partial charge in [-0.05, 0) is 42.8 Å². The maximum absolute atomic E-state index is 14.1. The third-order valence-corrected chi connectivity index (χ3v) is 6.37. The largest absolute Gasteiger partial charge is 0.460 e. The highest BCUT2D eigenvalue weighted by Crippen LogP contribution is 2.51. The summed E-state index contributed by atoms with van der Waals surface area (Å²) in [6, 6.07) is 6.83. The van der Waals surface area contributed by atoms with Crippen molar-refractivity contribution in [1.29, 1.82) is 0 Å². The van der Waals surface area contributed by atoms with Crippen LogP contribution in [-0.4, -0.2) is 60.7 Å². The number of carbonyl (C=O) groups is 2. The SMILES string of the molecule is CNC(=O)c1cc(Cl)cc(C)c1NC(=O)c1cc(Cn2ncc(C(F)(F)C(F)(F)C(F)(F)F)n2)nn1-c1ncccc1Cl. The van der Waals surface area contributed by atoms with Gasteiger partial charge in [0, 0.05) is 18.3 Å². The van der Waals surface area contributed by atoms with Crippen molar-refractivity contribution in [3.63, 3.8) is 0 Å². The minimum absolute atomic E-state index is 0.0212. The molecule has 19 heteroatoms. The second-order valence-electron chi connectivity index (χ2n) is 8.83. The number of halogens is 9. The van der Waals surface area contributed by atoms with Crippen LogP contribution >= 0.6 is 23.2 Å². The van der Waals surface area contributed by atoms with Crippen LogP contribution in [0.3, 0.4) is 0 Å². The van der Waals surface area contributed by atoms with E-state index >= 15 is 0 Å². The first kappa shape index (κ1) is 31.7. The topological polar surface area (TPSA) is 120 Å². The number of nitrogens with zero attached hydrogens (tertiary/aromatic N) is 6. The number of anilines is 1. The van der Waals surface area contributed by atoms with E-state index in [1.807, 2.05) is 0 Å². The molecule has 0 aliphatic rings. The van der Waals surface area contributed by atoms with Gasteiger partial charge in [-0.1, -0.05) is 23.2 Å². The summed E-state index contributed by atoms with van der Waals surface area (Å²) in [6.07, 6.45) is -5.19. The summed E-state index contributed by atoms with van der Waals surface area (Å²) in [7, 11) is 1.36. The number of alkyl halides is 7. The fraction of sp³-hybridized carbons (Fsp3) is 0.250. The van der Waals surface area contributed by atoms with E-state index in [9.17, 15) is 40.3 Å². The third kappa shape index (κ3) is 5.99. The Hall–Kier alpha value is -4.25. The molecule has 2 amide bonds. The van der Waals surface area contributed by atoms with Crippen LogP contribution < -0.4 is 10.6 Å². The van der Waals surface area contributed by atoms with Gasteiger partial charge in [0.1, 0.15) is 12.2 Å². The van der Waals surface area contributed by atoms with Gasteiger partial charge in [0.2, 0.25) is 0 Å². The lowest BCUT2D eigenvalue weighted by Gasteiger charge is -2.26. The molecule has 10 nitrogen and oxygen atoms in total. The number of rotatable bonds is 8. The number of amides is 2. The summed E-state index contributed by atoms with van der Waals surface area (Å²) in [4.78, 5) is 30.4. The number of pyridine rings is 1. The van der Waals surface area contributed by atoms with Crippen molar-refractivity contribution in [3.8, 4) is 5.82 Å². The molecule has 0 saturated heterocycles. The monoisotopic (exact) mass is 652 g/mol. The molecule has 0 spiro atoms. The molecule has 0 fully saturated rings. The van der Waals surface area contributed by atoms with Crippen LogP contribution in [0.2, 0.25) is 10.0 Å². The zero-order chi connectivity index (χ0) is 31.9. The second-order valence-corrected chi connectivity index (χ2v) is 9.67. The minimum atomic E-state index is -6.57. The van der Waals surface area contributed by atoms with Crippen LogP contribution in [0.4, 0.5) is 36.4 Å². The van der Waals surface area contributed by atoms with Gasteiger partial charge in [-0.25, -0.2) is 9.67 Å². The predicted molar refractivity (Wildman–Crippen MR) is 138 cm³/mol. The molecular weight excluding hydrogens is 636 g/mol. The number of hydrogen-bond acceptors (Lipinski definition) is 6. The molecule has 43 heavy (non-hydrogen) atoms. The Labute approximate surface area is 246 Å². The average Bonchev–Trinajstić information content (AvgIpc) is 3.57. The normalized spacial score (nSPS) is 12.3. The van der Waals surface area contributed by atoms with E-state index in [-0.39, 0.29) is 44.7 Å². The number of benzene rings is 1. The number of hydrogen-bond donors (Lipinski definition) is 2. The van der Waals surface area contributed by atoms with Crippen molar-refractivity contribution in [2.45, 2.75) is 31.5 Å². The van der Waals surface area contributed by atoms with Gasteiger partial charge >= 0.3 is 18.0 Å². The highest BCUT2D eigenvalue weighted by atomic mass is 35.5. The molecule has 4 aromatic rings. The molecule has 2 N–H and O–H groups in total. The Balaban J connectivity index is 1.73. The van der Waals surface area contributed by atoms with E-state index in [0.29, 0.717) is 10.4 Å². The van der Waals surface area contributed by atoms with Crippen LogP contribution in [0, 0.1) is 6.92 Å². The summed E-state index contributed by atoms with van der Waals surface area (Å²) in [6.45, 7) is 0.917. The van der Waals surface area contributed by atoms with E-state index in [2.05, 4.69) is 30.9 Å². The molecule has 228 valence electrons. The van der Waals surface area contributed by atoms with Crippen LogP contribution in [-0.2, 0) is 12.5 Å². The molecule has 0 atom stereocenters. The van der Waals surface area contributed by atoms with E-state index in [1.165, 1.54) is 37.5 Å². The molecule has 0 radical (unpaired) electrons. The minimum Gasteiger partial charge on any atom is -0.355 e. The fourth-order valence-corrected chi connectivity index (χ4v) is 4.24. The first-order valence-corrected chi connectivity index (χ1v) is 12.5. The Bertz CT molecular complexity index is 1710. The predicted octanol–water partition coefficient (Wildman–Crippen LogP) is 5.42. The van der Waals surface area contributed by atoms with Gasteiger partial charge < -0.3 is 10.6 Å². The number of aromatic nitrogens is 6. The number of carbonyl (C=O) groups excluding carboxylic acids is 2. The van der Waals surface area contributed by atoms with Crippen molar-refractivity contribution in [1.82, 2.24) is 35.1 Å². The zero-order valence-corrected chi connectivity index (χ0v) is 23.2. The fourth-order valence-electron chi connectivity index (χ4n) is 3.77. The van der Waals surface area contributed by atoms with Crippen molar-refractivity contribution in [2.75, 3.05) is 12.4 Å². The summed E-state index contributed by atoms with van der Waals surface area (Å²) < 4.78 is 93.9. The Morgan fingerprint density at radius 1 is 1.00 bits per heavy atom. The number of nitrogens with one attached hydrogen (secondary N) is 2. The van der Waals surface area contributed by atoms with Crippen LogP contribution in [0.15, 0.2) is 42.7 Å². The molecule has 1 aromatic carbocycles. The molecule has 3 aromatic heterocycles. The maximum atomic E-state index is 14.1. The van der Waals surface area contributed by atoms with Crippen molar-refractivity contribution in [2.24, 2.45) is 0 Å². The molecular formula is C24H17Cl2F7N8O2. The summed E-state index contributed by atoms with van der Waals surface area (Å²) in [5, 5.41) is 15.8. The quantitative estimate of drug-likeness (QED) is 0.245. The Morgan fingerprint density at radius 3 is 2.33 bits per heavy atom. The number of aryl methyl sites for hydroxylation is 1. The summed E-state index contributed by atoms with van der Waals surface area (Å²) in [5.74, 6) is -13.7. The maximum Gasteiger partial charge on any atom is 0.460 e. The van der Waals surface area contributed by atoms with Crippen molar-refractivity contribution < 1.29 is 40.3 Å². The van der Waals surface area contributed by atoms with E-state index in [4.69, 9.17) is 23.2 Å². The smallest absolute Gasteiger partial charge is 0.355 e. The Morgan fingerprint density at radius 2 is 1.70 bits per heavy atom. The average molecular weight is 653 g/mol. The van der Waals surface area contributed by atoms with Crippen LogP contribution in [0.25, 0.3) is 5.82 Å². The molecule has 0 unspecified atom stereocenters. The molecule has 0 saturated carbocycles. The van der Waals surface area contributed by atoms with Gasteiger partial charge in [-0.3, -0.25) is 9.59 Å². The molecule has 3 heterocycles. The lowest BCUT2D eigenvalue weighted by Crippen LogP contribution is -2.50. The standard InChI is InChI=1S/C24H17Cl2F7N8O2/c1-11-6-12(25)7-14(20(42)34-2)18(11)37-21(43)16-8-13(38-41(16)19-15(26)4-3-5-35-19)10-40-36-9-17(39-40)22(27,28)23(29,30)24(31,32)33/h3-9H,10H2,1-2H3,(H,34,42)(H,37,43). The van der Waals surface area contributed by atoms with Crippen molar-refractivity contribution >= 4 is 40.7 Å². The van der Waals surface area contributed by atoms with Gasteiger partial charge in [0.05, 0.1) is 28.2 Å². The summed E-state index contributed by atoms with van der Waals surface area (Å²) in [5.41, 5.74) is -1.82. The van der Waals surface area contributed by atoms with Gasteiger partial charge in [0.25, 0.3) is 11.8 Å². The lowest BCUT2D eigenvalue weighted by molar-refractivity contribution is -0.360. The first-order chi connectivity index (χ1) is 20.0. The first-order valence-electron chi connectivity index (χ1n) is 11.7. The van der Waals surface area contributed by atoms with E-state index in [1.54, 1.807) is 6.92 Å². The molecule has 0 aliphatic carbocycles. The Kier molecular flexibility index (Phi) is 8.43. The molecule has 0 aliphatic heterocycles. The van der Waals surface area contributed by atoms with Crippen LogP contribution in [0.1, 0.15) is 37.8 Å². The lowest BCUT2D eigenvalue weighted by atomic mass is 10.1. The van der Waals surface area contributed by atoms with Gasteiger partial charge in [-0.15, -0.1) is 0 Å². The van der Waals surface area contributed by atoms with Crippen LogP contribution in [0.5, 0.6) is 0 Å². The highest BCUT2D eigenvalue weighted by Gasteiger charge is 2.74. The van der Waals surface area contributed by atoms with Gasteiger partial charge in [0.15, 0.2) is 11.5 Å². The van der Waals surface area contributed by atoms with E-state index < -0.39 is 42.1 Å². The molecule has 0 bridgehead atoms. The van der Waals surface area contributed by atoms with Gasteiger partial charge in [-0.2, -0.15) is 50.8 Å². The molecule has 4 rings (SSSR count). The van der Waals surface area contributed by atoms with Crippen molar-refractivity contribution in [3.05, 3.63) is 81.0 Å². The van der Waals surface area contributed by atoms with E-state index in [0.717, 1.165) is 10.7 Å². The third-order valence-electron chi connectivity index (χ3n) is 5.85. The highest BCUT2D eigenvalue weighted by molar-refractivity contribution is 6.32. The zero-order valence-electron chi connectivity index (χ0n) is 21.7. The second kappa shape index (κ2) is 11.4. The summed E-state index contributed by atoms with van der Waals surface area (Å²) >= 11 is 12.3.